The van der Waals surface area contributed by atoms with Crippen LogP contribution in [-0.2, 0) is 0 Å². The van der Waals surface area contributed by atoms with Crippen molar-refractivity contribution in [3.05, 3.63) is 29.8 Å². The maximum atomic E-state index is 10.6. The molecule has 1 aromatic rings. The van der Waals surface area contributed by atoms with Crippen LogP contribution < -0.4 is 4.52 Å². The monoisotopic (exact) mass is 218 g/mol. The molecule has 0 radical (unpaired) electrons. The fourth-order valence-electron chi connectivity index (χ4n) is 0.692. The molecule has 0 saturated carbocycles. The molecule has 0 N–H and O–H groups in total. The van der Waals surface area contributed by atoms with Crippen LogP contribution in [0.1, 0.15) is 24.2 Å². The van der Waals surface area contributed by atoms with Gasteiger partial charge in [0.05, 0.1) is 9.47 Å². The summed E-state index contributed by atoms with van der Waals surface area (Å²) in [6, 6.07) is 6.64. The standard InChI is InChI=1S/C7H6ClO2P.C2H6/c8-7(9)5-2-1-3-6(4-5)10-11;1-2/h1-4H,11H2;1-2H3. The Bertz CT molecular complexity index is 276. The molecule has 0 aromatic heterocycles. The topological polar surface area (TPSA) is 26.3 Å². The summed E-state index contributed by atoms with van der Waals surface area (Å²) >= 11 is 5.23. The predicted octanol–water partition coefficient (Wildman–Crippen LogP) is 3.26. The molecule has 0 saturated heterocycles. The minimum Gasteiger partial charge on any atom is -0.480 e. The van der Waals surface area contributed by atoms with Crippen molar-refractivity contribution >= 4 is 26.3 Å². The van der Waals surface area contributed by atoms with E-state index in [4.69, 9.17) is 16.1 Å². The lowest BCUT2D eigenvalue weighted by Crippen LogP contribution is -1.87. The summed E-state index contributed by atoms with van der Waals surface area (Å²) in [4.78, 5) is 10.6. The van der Waals surface area contributed by atoms with Crippen molar-refractivity contribution in [2.45, 2.75) is 13.8 Å². The van der Waals surface area contributed by atoms with Crippen LogP contribution in [-0.4, -0.2) is 5.24 Å². The smallest absolute Gasteiger partial charge is 0.252 e. The Morgan fingerprint density at radius 2 is 2.08 bits per heavy atom. The maximum absolute atomic E-state index is 10.6. The van der Waals surface area contributed by atoms with Gasteiger partial charge in [-0.25, -0.2) is 0 Å². The van der Waals surface area contributed by atoms with Crippen LogP contribution in [0.5, 0.6) is 5.75 Å². The van der Waals surface area contributed by atoms with Gasteiger partial charge in [-0.1, -0.05) is 19.9 Å². The second-order valence-corrected chi connectivity index (χ2v) is 2.50. The molecule has 1 rings (SSSR count). The molecule has 2 nitrogen and oxygen atoms in total. The minimum absolute atomic E-state index is 0.437. The SMILES string of the molecule is CC.O=C(Cl)c1cccc(OP)c1. The van der Waals surface area contributed by atoms with Gasteiger partial charge in [-0.15, -0.1) is 0 Å². The molecular formula is C9H12ClO2P. The van der Waals surface area contributed by atoms with Crippen LogP contribution in [0.2, 0.25) is 0 Å². The summed E-state index contributed by atoms with van der Waals surface area (Å²) in [5.74, 6) is 0.599. The minimum atomic E-state index is -0.478. The van der Waals surface area contributed by atoms with Crippen LogP contribution in [0.25, 0.3) is 0 Å². The van der Waals surface area contributed by atoms with Crippen LogP contribution in [0.15, 0.2) is 24.3 Å². The number of halogens is 1. The molecule has 0 spiro atoms. The normalized spacial score (nSPS) is 8.31. The second-order valence-electron chi connectivity index (χ2n) is 1.92. The van der Waals surface area contributed by atoms with E-state index < -0.39 is 5.24 Å². The highest BCUT2D eigenvalue weighted by atomic mass is 35.5. The van der Waals surface area contributed by atoms with Gasteiger partial charge in [0.2, 0.25) is 0 Å². The summed E-state index contributed by atoms with van der Waals surface area (Å²) in [6.07, 6.45) is 0. The molecule has 0 aliphatic rings. The van der Waals surface area contributed by atoms with Crippen molar-refractivity contribution in [2.75, 3.05) is 0 Å². The molecule has 1 aromatic carbocycles. The van der Waals surface area contributed by atoms with Crippen molar-refractivity contribution < 1.29 is 9.32 Å². The fourth-order valence-corrected chi connectivity index (χ4v) is 0.956. The van der Waals surface area contributed by atoms with E-state index in [1.807, 2.05) is 13.8 Å². The molecule has 0 fully saturated rings. The van der Waals surface area contributed by atoms with Gasteiger partial charge in [-0.2, -0.15) is 0 Å². The third-order valence-electron chi connectivity index (χ3n) is 1.20. The molecule has 4 heteroatoms. The molecule has 0 bridgehead atoms. The lowest BCUT2D eigenvalue weighted by atomic mass is 10.2. The van der Waals surface area contributed by atoms with Gasteiger partial charge >= 0.3 is 0 Å². The third kappa shape index (κ3) is 4.25. The van der Waals surface area contributed by atoms with E-state index >= 15 is 0 Å². The molecule has 13 heavy (non-hydrogen) atoms. The summed E-state index contributed by atoms with van der Waals surface area (Å²) in [5, 5.41) is -0.478. The Hall–Kier alpha value is -0.590. The first-order valence-corrected chi connectivity index (χ1v) is 4.75. The Balaban J connectivity index is 0.000000671. The van der Waals surface area contributed by atoms with Crippen molar-refractivity contribution in [3.8, 4) is 5.75 Å². The van der Waals surface area contributed by atoms with Gasteiger partial charge in [-0.3, -0.25) is 4.79 Å². The van der Waals surface area contributed by atoms with Gasteiger partial charge in [0.25, 0.3) is 5.24 Å². The molecule has 72 valence electrons. The van der Waals surface area contributed by atoms with Gasteiger partial charge in [0.15, 0.2) is 0 Å². The molecule has 1 unspecified atom stereocenters. The first-order chi connectivity index (χ1) is 6.24. The molecule has 1 atom stereocenters. The second kappa shape index (κ2) is 6.88. The number of rotatable bonds is 2. The van der Waals surface area contributed by atoms with Crippen LogP contribution in [0, 0.1) is 0 Å². The number of hydrogen-bond donors (Lipinski definition) is 0. The van der Waals surface area contributed by atoms with Crippen LogP contribution >= 0.6 is 21.1 Å². The Labute approximate surface area is 85.5 Å². The lowest BCUT2D eigenvalue weighted by Gasteiger charge is -1.98. The molecular weight excluding hydrogens is 207 g/mol. The van der Waals surface area contributed by atoms with Crippen LogP contribution in [0.4, 0.5) is 0 Å². The first-order valence-electron chi connectivity index (χ1n) is 3.90. The third-order valence-corrected chi connectivity index (χ3v) is 1.69. The average molecular weight is 219 g/mol. The Kier molecular flexibility index (Phi) is 6.56. The summed E-state index contributed by atoms with van der Waals surface area (Å²) < 4.78 is 4.81. The molecule has 0 aliphatic heterocycles. The van der Waals surface area contributed by atoms with Gasteiger partial charge in [-0.05, 0) is 29.8 Å². The van der Waals surface area contributed by atoms with Crippen molar-refractivity contribution in [1.29, 1.82) is 0 Å². The number of hydrogen-bond acceptors (Lipinski definition) is 2. The van der Waals surface area contributed by atoms with Crippen molar-refractivity contribution in [1.82, 2.24) is 0 Å². The summed E-state index contributed by atoms with van der Waals surface area (Å²) in [7, 11) is 2.09. The molecule has 0 aliphatic carbocycles. The van der Waals surface area contributed by atoms with Crippen molar-refractivity contribution in [3.63, 3.8) is 0 Å². The Morgan fingerprint density at radius 1 is 1.46 bits per heavy atom. The average Bonchev–Trinajstić information content (AvgIpc) is 2.21. The predicted molar refractivity (Wildman–Crippen MR) is 58.3 cm³/mol. The zero-order valence-electron chi connectivity index (χ0n) is 7.58. The summed E-state index contributed by atoms with van der Waals surface area (Å²) in [5.41, 5.74) is 0.437. The maximum Gasteiger partial charge on any atom is 0.252 e. The number of carbonyl (C=O) groups excluding carboxylic acids is 1. The summed E-state index contributed by atoms with van der Waals surface area (Å²) in [6.45, 7) is 4.00. The lowest BCUT2D eigenvalue weighted by molar-refractivity contribution is 0.108. The highest BCUT2D eigenvalue weighted by Crippen LogP contribution is 2.16. The Morgan fingerprint density at radius 3 is 2.54 bits per heavy atom. The van der Waals surface area contributed by atoms with Crippen molar-refractivity contribution in [2.24, 2.45) is 0 Å². The highest BCUT2D eigenvalue weighted by molar-refractivity contribution is 7.10. The first kappa shape index (κ1) is 12.4. The quantitative estimate of drug-likeness (QED) is 0.563. The van der Waals surface area contributed by atoms with E-state index in [1.54, 1.807) is 24.3 Å². The van der Waals surface area contributed by atoms with E-state index in [2.05, 4.69) is 9.47 Å². The van der Waals surface area contributed by atoms with Gasteiger partial charge in [0, 0.05) is 5.56 Å². The molecule has 0 amide bonds. The zero-order valence-corrected chi connectivity index (χ0v) is 9.49. The largest absolute Gasteiger partial charge is 0.480 e. The fraction of sp³-hybridized carbons (Fsp3) is 0.222. The van der Waals surface area contributed by atoms with E-state index in [0.29, 0.717) is 11.3 Å². The van der Waals surface area contributed by atoms with E-state index in [1.165, 1.54) is 0 Å². The number of benzene rings is 1. The van der Waals surface area contributed by atoms with Crippen LogP contribution in [0.3, 0.4) is 0 Å². The van der Waals surface area contributed by atoms with E-state index in [0.717, 1.165) is 0 Å². The number of carbonyl (C=O) groups is 1. The van der Waals surface area contributed by atoms with E-state index in [-0.39, 0.29) is 0 Å². The zero-order chi connectivity index (χ0) is 10.3. The van der Waals surface area contributed by atoms with Gasteiger partial charge < -0.3 is 4.52 Å². The highest BCUT2D eigenvalue weighted by Gasteiger charge is 2.01. The van der Waals surface area contributed by atoms with Gasteiger partial charge in [0.1, 0.15) is 5.75 Å². The molecule has 0 heterocycles. The van der Waals surface area contributed by atoms with E-state index in [9.17, 15) is 4.79 Å².